The third-order valence-corrected chi connectivity index (χ3v) is 7.35. The summed E-state index contributed by atoms with van der Waals surface area (Å²) in [5.74, 6) is -1.07. The van der Waals surface area contributed by atoms with E-state index in [-0.39, 0.29) is 31.0 Å². The monoisotopic (exact) mass is 532 g/mol. The first-order valence-corrected chi connectivity index (χ1v) is 12.4. The number of amides is 1. The molecule has 1 aliphatic rings. The van der Waals surface area contributed by atoms with Gasteiger partial charge in [-0.15, -0.1) is 0 Å². The molecule has 0 bridgehead atoms. The van der Waals surface area contributed by atoms with E-state index in [4.69, 9.17) is 13.9 Å². The van der Waals surface area contributed by atoms with Crippen molar-refractivity contribution >= 4 is 39.7 Å². The van der Waals surface area contributed by atoms with Gasteiger partial charge in [0.05, 0.1) is 32.7 Å². The lowest BCUT2D eigenvalue weighted by Crippen LogP contribution is -2.50. The number of methoxy groups -OCH3 is 2. The van der Waals surface area contributed by atoms with Gasteiger partial charge in [0.1, 0.15) is 17.4 Å². The number of rotatable bonds is 6. The van der Waals surface area contributed by atoms with Crippen LogP contribution in [0.25, 0.3) is 21.9 Å². The van der Waals surface area contributed by atoms with Crippen LogP contribution in [0.5, 0.6) is 5.75 Å². The van der Waals surface area contributed by atoms with E-state index in [0.29, 0.717) is 34.3 Å². The Kier molecular flexibility index (Phi) is 6.86. The normalized spacial score (nSPS) is 14.8. The van der Waals surface area contributed by atoms with Gasteiger partial charge in [0.25, 0.3) is 5.91 Å². The zero-order chi connectivity index (χ0) is 27.8. The molecule has 10 nitrogen and oxygen atoms in total. The minimum atomic E-state index is -0.788. The molecule has 1 N–H and O–H groups in total. The van der Waals surface area contributed by atoms with Crippen molar-refractivity contribution in [1.82, 2.24) is 9.88 Å². The summed E-state index contributed by atoms with van der Waals surface area (Å²) >= 11 is 0. The number of aromatic nitrogens is 1. The van der Waals surface area contributed by atoms with Gasteiger partial charge in [-0.1, -0.05) is 18.2 Å². The molecule has 0 saturated carbocycles. The van der Waals surface area contributed by atoms with E-state index in [9.17, 15) is 19.2 Å². The quantitative estimate of drug-likeness (QED) is 0.296. The number of carbonyl (C=O) groups is 3. The van der Waals surface area contributed by atoms with Crippen LogP contribution in [0.2, 0.25) is 0 Å². The van der Waals surface area contributed by atoms with E-state index < -0.39 is 23.6 Å². The van der Waals surface area contributed by atoms with Crippen LogP contribution in [-0.2, 0) is 43.2 Å². The van der Waals surface area contributed by atoms with Crippen LogP contribution in [0.1, 0.15) is 27.9 Å². The Morgan fingerprint density at radius 3 is 2.54 bits per heavy atom. The minimum Gasteiger partial charge on any atom is -0.483 e. The Hall–Kier alpha value is -4.60. The van der Waals surface area contributed by atoms with Crippen molar-refractivity contribution in [2.45, 2.75) is 39.3 Å². The molecule has 1 unspecified atom stereocenters. The number of esters is 2. The Bertz CT molecular complexity index is 1680. The summed E-state index contributed by atoms with van der Waals surface area (Å²) < 4.78 is 21.1. The van der Waals surface area contributed by atoms with Crippen LogP contribution in [-0.4, -0.2) is 54.6 Å². The molecule has 0 aliphatic carbocycles. The molecule has 0 saturated heterocycles. The van der Waals surface area contributed by atoms with Gasteiger partial charge < -0.3 is 28.5 Å². The highest BCUT2D eigenvalue weighted by Gasteiger charge is 2.37. The minimum absolute atomic E-state index is 0.193. The number of aryl methyl sites for hydroxylation is 2. The van der Waals surface area contributed by atoms with E-state index >= 15 is 0 Å². The maximum Gasteiger partial charge on any atom is 0.340 e. The van der Waals surface area contributed by atoms with E-state index in [1.165, 1.54) is 19.1 Å². The van der Waals surface area contributed by atoms with Gasteiger partial charge >= 0.3 is 17.6 Å². The topological polar surface area (TPSA) is 128 Å². The highest BCUT2D eigenvalue weighted by Crippen LogP contribution is 2.32. The molecule has 202 valence electrons. The standard InChI is InChI=1S/C29H28N2O8/c1-15-17-9-10-24(16(2)27(17)39-28(34)19(15)12-26(33)36-3)38-14-25(32)31-13-22-20(11-23(31)29(35)37-4)18-7-5-6-8-21(18)30-22/h5-10,23,30H,11-14H2,1-4H3. The van der Waals surface area contributed by atoms with Crippen LogP contribution in [0.4, 0.5) is 0 Å². The van der Waals surface area contributed by atoms with Crippen molar-refractivity contribution < 1.29 is 33.0 Å². The summed E-state index contributed by atoms with van der Waals surface area (Å²) in [4.78, 5) is 55.2. The van der Waals surface area contributed by atoms with Crippen molar-refractivity contribution in [2.24, 2.45) is 0 Å². The number of carbonyl (C=O) groups excluding carboxylic acids is 3. The molecule has 10 heteroatoms. The van der Waals surface area contributed by atoms with E-state index in [1.54, 1.807) is 26.0 Å². The van der Waals surface area contributed by atoms with Crippen LogP contribution in [0, 0.1) is 13.8 Å². The van der Waals surface area contributed by atoms with Gasteiger partial charge in [0, 0.05) is 34.0 Å². The van der Waals surface area contributed by atoms with Crippen LogP contribution in [0.15, 0.2) is 45.6 Å². The molecule has 0 fully saturated rings. The summed E-state index contributed by atoms with van der Waals surface area (Å²) in [6.45, 7) is 3.33. The predicted molar refractivity (Wildman–Crippen MR) is 142 cm³/mol. The fourth-order valence-corrected chi connectivity index (χ4v) is 5.19. The van der Waals surface area contributed by atoms with Gasteiger partial charge in [0.2, 0.25) is 0 Å². The summed E-state index contributed by atoms with van der Waals surface area (Å²) in [7, 11) is 2.56. The molecule has 0 spiro atoms. The van der Waals surface area contributed by atoms with Crippen LogP contribution in [0.3, 0.4) is 0 Å². The van der Waals surface area contributed by atoms with Gasteiger partial charge in [-0.2, -0.15) is 0 Å². The number of fused-ring (bicyclic) bond motifs is 4. The SMILES string of the molecule is COC(=O)Cc1c(C)c2ccc(OCC(=O)N3Cc4[nH]c5ccccc5c4CC3C(=O)OC)c(C)c2oc1=O. The summed E-state index contributed by atoms with van der Waals surface area (Å²) in [6.07, 6.45) is 0.132. The maximum atomic E-state index is 13.3. The number of hydrogen-bond donors (Lipinski definition) is 1. The second-order valence-electron chi connectivity index (χ2n) is 9.49. The molecule has 1 amide bonds. The first-order chi connectivity index (χ1) is 18.7. The number of benzene rings is 2. The number of H-pyrrole nitrogens is 1. The fourth-order valence-electron chi connectivity index (χ4n) is 5.19. The average Bonchev–Trinajstić information content (AvgIpc) is 3.31. The number of ether oxygens (including phenoxy) is 3. The third-order valence-electron chi connectivity index (χ3n) is 7.35. The number of nitrogens with zero attached hydrogens (tertiary/aromatic N) is 1. The molecular formula is C29H28N2O8. The summed E-state index contributed by atoms with van der Waals surface area (Å²) in [5, 5.41) is 1.67. The van der Waals surface area contributed by atoms with Crippen molar-refractivity contribution in [1.29, 1.82) is 0 Å². The molecule has 1 aliphatic heterocycles. The number of para-hydroxylation sites is 1. The third kappa shape index (κ3) is 4.62. The van der Waals surface area contributed by atoms with E-state index in [0.717, 1.165) is 22.2 Å². The lowest BCUT2D eigenvalue weighted by atomic mass is 9.96. The zero-order valence-corrected chi connectivity index (χ0v) is 22.1. The van der Waals surface area contributed by atoms with Gasteiger partial charge in [-0.05, 0) is 43.2 Å². The van der Waals surface area contributed by atoms with Crippen molar-refractivity contribution in [3.63, 3.8) is 0 Å². The summed E-state index contributed by atoms with van der Waals surface area (Å²) in [5.41, 5.74) is 3.85. The number of hydrogen-bond acceptors (Lipinski definition) is 8. The number of aromatic amines is 1. The molecule has 0 radical (unpaired) electrons. The first kappa shape index (κ1) is 26.0. The van der Waals surface area contributed by atoms with Crippen LogP contribution >= 0.6 is 0 Å². The van der Waals surface area contributed by atoms with Crippen molar-refractivity contribution in [3.8, 4) is 5.75 Å². The smallest absolute Gasteiger partial charge is 0.340 e. The van der Waals surface area contributed by atoms with Crippen molar-refractivity contribution in [2.75, 3.05) is 20.8 Å². The van der Waals surface area contributed by atoms with E-state index in [2.05, 4.69) is 9.72 Å². The predicted octanol–water partition coefficient (Wildman–Crippen LogP) is 3.11. The van der Waals surface area contributed by atoms with Gasteiger partial charge in [0.15, 0.2) is 6.61 Å². The molecule has 3 heterocycles. The Labute approximate surface area is 223 Å². The molecule has 2 aromatic carbocycles. The van der Waals surface area contributed by atoms with Crippen molar-refractivity contribution in [3.05, 3.63) is 74.8 Å². The highest BCUT2D eigenvalue weighted by atomic mass is 16.5. The van der Waals surface area contributed by atoms with Gasteiger partial charge in [-0.25, -0.2) is 9.59 Å². The molecular weight excluding hydrogens is 504 g/mol. The Morgan fingerprint density at radius 1 is 1.03 bits per heavy atom. The number of nitrogens with one attached hydrogen (secondary N) is 1. The lowest BCUT2D eigenvalue weighted by Gasteiger charge is -2.33. The molecule has 4 aromatic rings. The molecule has 1 atom stereocenters. The lowest BCUT2D eigenvalue weighted by molar-refractivity contribution is -0.154. The highest BCUT2D eigenvalue weighted by molar-refractivity contribution is 5.90. The second kappa shape index (κ2) is 10.3. The molecule has 2 aromatic heterocycles. The maximum absolute atomic E-state index is 13.3. The largest absolute Gasteiger partial charge is 0.483 e. The van der Waals surface area contributed by atoms with Gasteiger partial charge in [-0.3, -0.25) is 9.59 Å². The first-order valence-electron chi connectivity index (χ1n) is 12.4. The fraction of sp³-hybridized carbons (Fsp3) is 0.310. The Balaban J connectivity index is 1.40. The van der Waals surface area contributed by atoms with Crippen LogP contribution < -0.4 is 10.4 Å². The average molecular weight is 533 g/mol. The zero-order valence-electron chi connectivity index (χ0n) is 22.1. The molecule has 39 heavy (non-hydrogen) atoms. The Morgan fingerprint density at radius 2 is 1.79 bits per heavy atom. The second-order valence-corrected chi connectivity index (χ2v) is 9.49. The summed E-state index contributed by atoms with van der Waals surface area (Å²) in [6, 6.07) is 10.4. The van der Waals surface area contributed by atoms with E-state index in [1.807, 2.05) is 24.3 Å². The molecule has 5 rings (SSSR count).